The van der Waals surface area contributed by atoms with Gasteiger partial charge in [-0.2, -0.15) is 0 Å². The SMILES string of the molecule is COc1nc(Br)cn2c(CC(=O)O)c(C)nc12. The summed E-state index contributed by atoms with van der Waals surface area (Å²) >= 11 is 3.25. The number of rotatable bonds is 3. The van der Waals surface area contributed by atoms with Gasteiger partial charge in [-0.05, 0) is 22.9 Å². The zero-order valence-corrected chi connectivity index (χ0v) is 10.9. The predicted octanol–water partition coefficient (Wildman–Crippen LogP) is 1.44. The predicted molar refractivity (Wildman–Crippen MR) is 63.3 cm³/mol. The van der Waals surface area contributed by atoms with Gasteiger partial charge in [0, 0.05) is 6.20 Å². The van der Waals surface area contributed by atoms with Crippen molar-refractivity contribution in [2.24, 2.45) is 0 Å². The van der Waals surface area contributed by atoms with Crippen molar-refractivity contribution < 1.29 is 14.6 Å². The first-order chi connectivity index (χ1) is 8.02. The third kappa shape index (κ3) is 2.10. The van der Waals surface area contributed by atoms with Crippen LogP contribution in [0.1, 0.15) is 11.4 Å². The Bertz CT molecular complexity index is 594. The standard InChI is InChI=1S/C10H10BrN3O3/c1-5-6(3-8(15)16)14-4-7(11)13-10(17-2)9(14)12-5/h4H,3H2,1-2H3,(H,15,16). The largest absolute Gasteiger partial charge is 0.481 e. The lowest BCUT2D eigenvalue weighted by atomic mass is 10.2. The maximum absolute atomic E-state index is 10.8. The number of aromatic nitrogens is 3. The van der Waals surface area contributed by atoms with Gasteiger partial charge in [-0.15, -0.1) is 0 Å². The number of aliphatic carboxylic acids is 1. The Hall–Kier alpha value is -1.63. The Labute approximate surface area is 105 Å². The number of aryl methyl sites for hydroxylation is 1. The van der Waals surface area contributed by atoms with E-state index in [4.69, 9.17) is 9.84 Å². The molecule has 0 atom stereocenters. The Morgan fingerprint density at radius 1 is 1.59 bits per heavy atom. The van der Waals surface area contributed by atoms with Crippen LogP contribution in [0.5, 0.6) is 5.88 Å². The molecular weight excluding hydrogens is 290 g/mol. The number of carboxylic acids is 1. The van der Waals surface area contributed by atoms with Crippen molar-refractivity contribution in [1.82, 2.24) is 14.4 Å². The molecule has 0 aliphatic rings. The van der Waals surface area contributed by atoms with E-state index in [1.54, 1.807) is 17.5 Å². The van der Waals surface area contributed by atoms with Gasteiger partial charge < -0.3 is 9.84 Å². The molecule has 17 heavy (non-hydrogen) atoms. The van der Waals surface area contributed by atoms with Crippen molar-refractivity contribution in [3.05, 3.63) is 22.2 Å². The molecule has 0 saturated carbocycles. The van der Waals surface area contributed by atoms with Crippen LogP contribution >= 0.6 is 15.9 Å². The molecule has 0 amide bonds. The number of fused-ring (bicyclic) bond motifs is 1. The minimum absolute atomic E-state index is 0.0907. The Morgan fingerprint density at radius 2 is 2.29 bits per heavy atom. The van der Waals surface area contributed by atoms with E-state index < -0.39 is 5.97 Å². The topological polar surface area (TPSA) is 76.7 Å². The zero-order valence-electron chi connectivity index (χ0n) is 9.27. The highest BCUT2D eigenvalue weighted by Crippen LogP contribution is 2.23. The summed E-state index contributed by atoms with van der Waals surface area (Å²) in [4.78, 5) is 19.2. The van der Waals surface area contributed by atoms with Crippen LogP contribution in [0.3, 0.4) is 0 Å². The molecule has 0 fully saturated rings. The number of hydrogen-bond donors (Lipinski definition) is 1. The maximum atomic E-state index is 10.8. The molecule has 0 unspecified atom stereocenters. The molecule has 0 radical (unpaired) electrons. The van der Waals surface area contributed by atoms with Crippen LogP contribution < -0.4 is 4.74 Å². The second kappa shape index (κ2) is 4.33. The lowest BCUT2D eigenvalue weighted by molar-refractivity contribution is -0.136. The number of hydrogen-bond acceptors (Lipinski definition) is 4. The normalized spacial score (nSPS) is 10.8. The summed E-state index contributed by atoms with van der Waals surface area (Å²) < 4.78 is 7.35. The van der Waals surface area contributed by atoms with Gasteiger partial charge >= 0.3 is 5.97 Å². The van der Waals surface area contributed by atoms with Crippen LogP contribution in [0, 0.1) is 6.92 Å². The van der Waals surface area contributed by atoms with Gasteiger partial charge in [0.25, 0.3) is 5.88 Å². The number of halogens is 1. The number of nitrogens with zero attached hydrogens (tertiary/aromatic N) is 3. The highest BCUT2D eigenvalue weighted by Gasteiger charge is 2.16. The Balaban J connectivity index is 2.72. The molecule has 2 aromatic heterocycles. The van der Waals surface area contributed by atoms with Crippen LogP contribution in [0.15, 0.2) is 10.8 Å². The summed E-state index contributed by atoms with van der Waals surface area (Å²) in [7, 11) is 1.50. The lowest BCUT2D eigenvalue weighted by Crippen LogP contribution is -2.05. The minimum Gasteiger partial charge on any atom is -0.481 e. The molecule has 0 aliphatic heterocycles. The van der Waals surface area contributed by atoms with Gasteiger partial charge in [0.15, 0.2) is 0 Å². The van der Waals surface area contributed by atoms with Gasteiger partial charge in [0.05, 0.1) is 24.9 Å². The smallest absolute Gasteiger partial charge is 0.309 e. The zero-order chi connectivity index (χ0) is 12.6. The first kappa shape index (κ1) is 11.8. The molecule has 0 aromatic carbocycles. The lowest BCUT2D eigenvalue weighted by Gasteiger charge is -2.04. The number of carboxylic acid groups (broad SMARTS) is 1. The summed E-state index contributed by atoms with van der Waals surface area (Å²) in [5.74, 6) is -0.541. The number of ether oxygens (including phenoxy) is 1. The fourth-order valence-electron chi connectivity index (χ4n) is 1.64. The van der Waals surface area contributed by atoms with Gasteiger partial charge in [0.1, 0.15) is 4.60 Å². The molecule has 90 valence electrons. The molecule has 0 aliphatic carbocycles. The average Bonchev–Trinajstić information content (AvgIpc) is 2.55. The van der Waals surface area contributed by atoms with Gasteiger partial charge in [-0.25, -0.2) is 9.97 Å². The quantitative estimate of drug-likeness (QED) is 0.928. The van der Waals surface area contributed by atoms with E-state index >= 15 is 0 Å². The first-order valence-corrected chi connectivity index (χ1v) is 5.62. The second-order valence-electron chi connectivity index (χ2n) is 3.48. The van der Waals surface area contributed by atoms with E-state index in [9.17, 15) is 4.79 Å². The second-order valence-corrected chi connectivity index (χ2v) is 4.29. The third-order valence-corrected chi connectivity index (χ3v) is 2.74. The molecule has 1 N–H and O–H groups in total. The van der Waals surface area contributed by atoms with Crippen LogP contribution in [0.2, 0.25) is 0 Å². The molecule has 2 rings (SSSR count). The summed E-state index contributed by atoms with van der Waals surface area (Å²) in [5, 5.41) is 8.87. The monoisotopic (exact) mass is 299 g/mol. The van der Waals surface area contributed by atoms with Crippen molar-refractivity contribution in [3.8, 4) is 5.88 Å². The highest BCUT2D eigenvalue weighted by molar-refractivity contribution is 9.10. The third-order valence-electron chi connectivity index (χ3n) is 2.36. The van der Waals surface area contributed by atoms with Crippen molar-refractivity contribution in [1.29, 1.82) is 0 Å². The van der Waals surface area contributed by atoms with Crippen molar-refractivity contribution in [2.45, 2.75) is 13.3 Å². The van der Waals surface area contributed by atoms with Gasteiger partial charge in [-0.3, -0.25) is 9.20 Å². The molecule has 0 spiro atoms. The molecule has 0 saturated heterocycles. The highest BCUT2D eigenvalue weighted by atomic mass is 79.9. The molecule has 6 nitrogen and oxygen atoms in total. The number of carbonyl (C=O) groups is 1. The average molecular weight is 300 g/mol. The van der Waals surface area contributed by atoms with E-state index in [2.05, 4.69) is 25.9 Å². The van der Waals surface area contributed by atoms with E-state index in [1.807, 2.05) is 0 Å². The van der Waals surface area contributed by atoms with Crippen molar-refractivity contribution in [2.75, 3.05) is 7.11 Å². The summed E-state index contributed by atoms with van der Waals surface area (Å²) in [6, 6.07) is 0. The number of imidazole rings is 1. The molecule has 0 bridgehead atoms. The van der Waals surface area contributed by atoms with Gasteiger partial charge in [-0.1, -0.05) is 0 Å². The van der Waals surface area contributed by atoms with Crippen LogP contribution in [-0.2, 0) is 11.2 Å². The summed E-state index contributed by atoms with van der Waals surface area (Å²) in [5.41, 5.74) is 1.80. The van der Waals surface area contributed by atoms with Crippen molar-refractivity contribution in [3.63, 3.8) is 0 Å². The van der Waals surface area contributed by atoms with Crippen molar-refractivity contribution >= 4 is 27.5 Å². The fourth-order valence-corrected chi connectivity index (χ4v) is 2.01. The summed E-state index contributed by atoms with van der Waals surface area (Å²) in [6.45, 7) is 1.76. The van der Waals surface area contributed by atoms with E-state index in [-0.39, 0.29) is 6.42 Å². The maximum Gasteiger partial charge on any atom is 0.309 e. The van der Waals surface area contributed by atoms with E-state index in [1.165, 1.54) is 7.11 Å². The summed E-state index contributed by atoms with van der Waals surface area (Å²) in [6.07, 6.45) is 1.59. The molecule has 7 heteroatoms. The fraction of sp³-hybridized carbons (Fsp3) is 0.300. The number of methoxy groups -OCH3 is 1. The van der Waals surface area contributed by atoms with Crippen LogP contribution in [0.4, 0.5) is 0 Å². The van der Waals surface area contributed by atoms with E-state index in [0.29, 0.717) is 27.5 Å². The first-order valence-electron chi connectivity index (χ1n) is 4.82. The molecular formula is C10H10BrN3O3. The van der Waals surface area contributed by atoms with Crippen LogP contribution in [0.25, 0.3) is 5.65 Å². The molecule has 2 heterocycles. The van der Waals surface area contributed by atoms with Gasteiger partial charge in [0.2, 0.25) is 5.65 Å². The van der Waals surface area contributed by atoms with E-state index in [0.717, 1.165) is 0 Å². The Kier molecular flexibility index (Phi) is 3.01. The molecule has 2 aromatic rings. The minimum atomic E-state index is -0.901. The Morgan fingerprint density at radius 3 is 2.88 bits per heavy atom. The van der Waals surface area contributed by atoms with Crippen LogP contribution in [-0.4, -0.2) is 32.6 Å².